The van der Waals surface area contributed by atoms with Crippen LogP contribution in [-0.2, 0) is 0 Å². The van der Waals surface area contributed by atoms with Crippen molar-refractivity contribution in [3.63, 3.8) is 0 Å². The van der Waals surface area contributed by atoms with Crippen LogP contribution in [0.5, 0.6) is 0 Å². The number of hydrogen-bond acceptors (Lipinski definition) is 3. The van der Waals surface area contributed by atoms with Crippen LogP contribution in [0.4, 0.5) is 0 Å². The average molecular weight is 238 g/mol. The van der Waals surface area contributed by atoms with Gasteiger partial charge in [-0.1, -0.05) is 0 Å². The molecule has 1 atom stereocenters. The summed E-state index contributed by atoms with van der Waals surface area (Å²) in [6.07, 6.45) is 2.66. The maximum Gasteiger partial charge on any atom is 0.251 e. The lowest BCUT2D eigenvalue weighted by molar-refractivity contribution is 0.0948. The zero-order chi connectivity index (χ0) is 11.4. The second-order valence-electron chi connectivity index (χ2n) is 3.88. The first-order valence-electron chi connectivity index (χ1n) is 5.30. The van der Waals surface area contributed by atoms with Crippen molar-refractivity contribution in [1.82, 2.24) is 10.3 Å². The summed E-state index contributed by atoms with van der Waals surface area (Å²) in [6, 6.07) is 2.93. The van der Waals surface area contributed by atoms with Gasteiger partial charge in [-0.05, 0) is 29.9 Å². The Hall–Kier alpha value is -1.23. The van der Waals surface area contributed by atoms with E-state index < -0.39 is 0 Å². The van der Waals surface area contributed by atoms with E-state index in [1.54, 1.807) is 6.07 Å². The molecule has 5 heteroatoms. The first-order valence-corrected chi connectivity index (χ1v) is 6.46. The highest BCUT2D eigenvalue weighted by Crippen LogP contribution is 2.22. The molecule has 1 aromatic rings. The van der Waals surface area contributed by atoms with Crippen molar-refractivity contribution in [3.05, 3.63) is 34.2 Å². The molecule has 1 aromatic heterocycles. The number of nitrogens with one attached hydrogen (secondary N) is 2. The molecule has 1 aliphatic heterocycles. The molecule has 2 rings (SSSR count). The highest BCUT2D eigenvalue weighted by molar-refractivity contribution is 7.99. The number of aromatic amines is 1. The average Bonchev–Trinajstić information content (AvgIpc) is 2.78. The minimum atomic E-state index is -0.246. The van der Waals surface area contributed by atoms with Crippen LogP contribution in [0.25, 0.3) is 0 Å². The van der Waals surface area contributed by atoms with Crippen LogP contribution < -0.4 is 10.9 Å². The van der Waals surface area contributed by atoms with Gasteiger partial charge in [-0.3, -0.25) is 9.59 Å². The van der Waals surface area contributed by atoms with Crippen molar-refractivity contribution in [2.75, 3.05) is 18.1 Å². The lowest BCUT2D eigenvalue weighted by Gasteiger charge is -2.09. The number of aromatic nitrogens is 1. The molecule has 2 N–H and O–H groups in total. The van der Waals surface area contributed by atoms with Gasteiger partial charge in [0.2, 0.25) is 5.56 Å². The van der Waals surface area contributed by atoms with E-state index in [1.165, 1.54) is 24.4 Å². The summed E-state index contributed by atoms with van der Waals surface area (Å²) < 4.78 is 0. The quantitative estimate of drug-likeness (QED) is 0.821. The molecule has 16 heavy (non-hydrogen) atoms. The van der Waals surface area contributed by atoms with Gasteiger partial charge in [0.15, 0.2) is 0 Å². The van der Waals surface area contributed by atoms with Gasteiger partial charge in [-0.25, -0.2) is 0 Å². The minimum Gasteiger partial charge on any atom is -0.352 e. The van der Waals surface area contributed by atoms with Gasteiger partial charge in [0.05, 0.1) is 0 Å². The third-order valence-electron chi connectivity index (χ3n) is 2.61. The smallest absolute Gasteiger partial charge is 0.251 e. The number of carbonyl (C=O) groups excluding carboxylic acids is 1. The van der Waals surface area contributed by atoms with Crippen molar-refractivity contribution >= 4 is 17.7 Å². The van der Waals surface area contributed by atoms with Crippen molar-refractivity contribution in [1.29, 1.82) is 0 Å². The zero-order valence-electron chi connectivity index (χ0n) is 8.86. The first-order chi connectivity index (χ1) is 7.75. The third kappa shape index (κ3) is 2.88. The van der Waals surface area contributed by atoms with Gasteiger partial charge >= 0.3 is 0 Å². The van der Waals surface area contributed by atoms with E-state index in [9.17, 15) is 9.59 Å². The fourth-order valence-electron chi connectivity index (χ4n) is 1.67. The number of hydrogen-bond donors (Lipinski definition) is 2. The molecule has 4 nitrogen and oxygen atoms in total. The van der Waals surface area contributed by atoms with Gasteiger partial charge in [0.25, 0.3) is 5.91 Å². The van der Waals surface area contributed by atoms with E-state index >= 15 is 0 Å². The third-order valence-corrected chi connectivity index (χ3v) is 3.84. The molecule has 1 unspecified atom stereocenters. The number of carbonyl (C=O) groups is 1. The summed E-state index contributed by atoms with van der Waals surface area (Å²) in [7, 11) is 0. The van der Waals surface area contributed by atoms with Crippen molar-refractivity contribution in [2.45, 2.75) is 6.42 Å². The summed E-state index contributed by atoms with van der Waals surface area (Å²) in [5, 5.41) is 2.86. The normalized spacial score (nSPS) is 19.6. The first kappa shape index (κ1) is 11.3. The van der Waals surface area contributed by atoms with Gasteiger partial charge in [-0.2, -0.15) is 11.8 Å². The second kappa shape index (κ2) is 5.21. The summed E-state index contributed by atoms with van der Waals surface area (Å²) in [5.74, 6) is 2.72. The van der Waals surface area contributed by atoms with E-state index in [2.05, 4.69) is 10.3 Å². The topological polar surface area (TPSA) is 62.0 Å². The molecule has 1 amide bonds. The molecule has 0 spiro atoms. The standard InChI is InChI=1S/C11H14N2O2S/c14-10-5-9(1-3-12-10)11(15)13-6-8-2-4-16-7-8/h1,3,5,8H,2,4,6-7H2,(H,12,14)(H,13,15). The molecule has 1 fully saturated rings. The highest BCUT2D eigenvalue weighted by Gasteiger charge is 2.16. The molecule has 0 aliphatic carbocycles. The second-order valence-corrected chi connectivity index (χ2v) is 5.03. The fraction of sp³-hybridized carbons (Fsp3) is 0.455. The summed E-state index contributed by atoms with van der Waals surface area (Å²) in [4.78, 5) is 25.2. The number of thioether (sulfide) groups is 1. The van der Waals surface area contributed by atoms with Crippen LogP contribution >= 0.6 is 11.8 Å². The molecule has 1 saturated heterocycles. The Morgan fingerprint density at radius 2 is 2.50 bits per heavy atom. The molecule has 1 aliphatic rings. The van der Waals surface area contributed by atoms with Crippen LogP contribution in [0.1, 0.15) is 16.8 Å². The highest BCUT2D eigenvalue weighted by atomic mass is 32.2. The molecule has 0 aromatic carbocycles. The number of rotatable bonds is 3. The predicted octanol–water partition coefficient (Wildman–Crippen LogP) is 0.858. The molecule has 0 bridgehead atoms. The largest absolute Gasteiger partial charge is 0.352 e. The van der Waals surface area contributed by atoms with Gasteiger partial charge in [-0.15, -0.1) is 0 Å². The van der Waals surface area contributed by atoms with Crippen molar-refractivity contribution in [2.24, 2.45) is 5.92 Å². The summed E-state index contributed by atoms with van der Waals surface area (Å²) in [5.41, 5.74) is 0.179. The minimum absolute atomic E-state index is 0.164. The van der Waals surface area contributed by atoms with Crippen LogP contribution in [-0.4, -0.2) is 28.9 Å². The lowest BCUT2D eigenvalue weighted by Crippen LogP contribution is -2.30. The van der Waals surface area contributed by atoms with Crippen molar-refractivity contribution in [3.8, 4) is 0 Å². The fourth-order valence-corrected chi connectivity index (χ4v) is 2.95. The SMILES string of the molecule is O=C(NCC1CCSC1)c1cc[nH]c(=O)c1. The molecular formula is C11H14N2O2S. The Labute approximate surface area is 97.8 Å². The van der Waals surface area contributed by atoms with E-state index in [-0.39, 0.29) is 11.5 Å². The molecule has 0 saturated carbocycles. The Kier molecular flexibility index (Phi) is 3.66. The maximum atomic E-state index is 11.7. The van der Waals surface area contributed by atoms with E-state index in [1.807, 2.05) is 11.8 Å². The summed E-state index contributed by atoms with van der Waals surface area (Å²) >= 11 is 1.93. The predicted molar refractivity (Wildman–Crippen MR) is 64.8 cm³/mol. The number of H-pyrrole nitrogens is 1. The van der Waals surface area contributed by atoms with Gasteiger partial charge in [0, 0.05) is 24.4 Å². The van der Waals surface area contributed by atoms with Gasteiger partial charge < -0.3 is 10.3 Å². The molecule has 86 valence electrons. The van der Waals surface area contributed by atoms with Crippen molar-refractivity contribution < 1.29 is 4.79 Å². The number of amides is 1. The summed E-state index contributed by atoms with van der Waals surface area (Å²) in [6.45, 7) is 0.707. The van der Waals surface area contributed by atoms with Crippen LogP contribution in [0.15, 0.2) is 23.1 Å². The van der Waals surface area contributed by atoms with E-state index in [0.29, 0.717) is 18.0 Å². The maximum absolute atomic E-state index is 11.7. The molecule has 2 heterocycles. The Bertz CT molecular complexity index is 424. The van der Waals surface area contributed by atoms with E-state index in [0.717, 1.165) is 5.75 Å². The Morgan fingerprint density at radius 3 is 3.19 bits per heavy atom. The van der Waals surface area contributed by atoms with Crippen LogP contribution in [0, 0.1) is 5.92 Å². The number of pyridine rings is 1. The Morgan fingerprint density at radius 1 is 1.62 bits per heavy atom. The van der Waals surface area contributed by atoms with Crippen LogP contribution in [0.2, 0.25) is 0 Å². The van der Waals surface area contributed by atoms with Crippen LogP contribution in [0.3, 0.4) is 0 Å². The Balaban J connectivity index is 1.90. The lowest BCUT2D eigenvalue weighted by atomic mass is 10.1. The molecular weight excluding hydrogens is 224 g/mol. The zero-order valence-corrected chi connectivity index (χ0v) is 9.68. The van der Waals surface area contributed by atoms with Gasteiger partial charge in [0.1, 0.15) is 0 Å². The van der Waals surface area contributed by atoms with E-state index in [4.69, 9.17) is 0 Å². The monoisotopic (exact) mass is 238 g/mol. The molecule has 0 radical (unpaired) electrons.